The minimum atomic E-state index is 0.632. The Bertz CT molecular complexity index is 385. The predicted octanol–water partition coefficient (Wildman–Crippen LogP) is 3.71. The van der Waals surface area contributed by atoms with Crippen molar-refractivity contribution in [2.24, 2.45) is 5.92 Å². The van der Waals surface area contributed by atoms with Crippen molar-refractivity contribution in [1.82, 2.24) is 5.32 Å². The van der Waals surface area contributed by atoms with Gasteiger partial charge in [-0.2, -0.15) is 0 Å². The standard InChI is InChI=1S/C14H20ClN/c1-9(2)4-13-7-14-10(3)5-12(15)6-11(14)8-16-13/h5-6,9,13,16H,4,7-8H2,1-3H3. The molecule has 1 heterocycles. The molecule has 1 nitrogen and oxygen atoms in total. The van der Waals surface area contributed by atoms with Crippen LogP contribution in [-0.2, 0) is 13.0 Å². The SMILES string of the molecule is Cc1cc(Cl)cc2c1CC(CC(C)C)NC2. The topological polar surface area (TPSA) is 12.0 Å². The molecule has 0 aromatic heterocycles. The van der Waals surface area contributed by atoms with E-state index in [1.165, 1.54) is 23.1 Å². The molecule has 2 rings (SSSR count). The molecule has 2 heteroatoms. The molecule has 1 N–H and O–H groups in total. The highest BCUT2D eigenvalue weighted by molar-refractivity contribution is 6.30. The maximum Gasteiger partial charge on any atom is 0.0412 e. The largest absolute Gasteiger partial charge is 0.310 e. The summed E-state index contributed by atoms with van der Waals surface area (Å²) in [4.78, 5) is 0. The highest BCUT2D eigenvalue weighted by Gasteiger charge is 2.20. The van der Waals surface area contributed by atoms with Crippen LogP contribution in [0.5, 0.6) is 0 Å². The number of fused-ring (bicyclic) bond motifs is 1. The molecular weight excluding hydrogens is 218 g/mol. The fourth-order valence-electron chi connectivity index (χ4n) is 2.60. The smallest absolute Gasteiger partial charge is 0.0412 e. The molecule has 1 aromatic rings. The van der Waals surface area contributed by atoms with E-state index in [-0.39, 0.29) is 0 Å². The lowest BCUT2D eigenvalue weighted by molar-refractivity contribution is 0.397. The van der Waals surface area contributed by atoms with E-state index in [9.17, 15) is 0 Å². The first-order valence-electron chi connectivity index (χ1n) is 6.07. The molecule has 88 valence electrons. The summed E-state index contributed by atoms with van der Waals surface area (Å²) in [6, 6.07) is 4.81. The van der Waals surface area contributed by atoms with E-state index in [0.717, 1.165) is 23.9 Å². The molecule has 0 saturated carbocycles. The van der Waals surface area contributed by atoms with E-state index in [2.05, 4.69) is 38.2 Å². The molecule has 1 aromatic carbocycles. The molecule has 1 aliphatic rings. The Kier molecular flexibility index (Phi) is 3.56. The van der Waals surface area contributed by atoms with E-state index in [0.29, 0.717) is 6.04 Å². The zero-order valence-corrected chi connectivity index (χ0v) is 11.1. The third-order valence-electron chi connectivity index (χ3n) is 3.32. The summed E-state index contributed by atoms with van der Waals surface area (Å²) in [5, 5.41) is 4.46. The molecule has 0 aliphatic carbocycles. The lowest BCUT2D eigenvalue weighted by Crippen LogP contribution is -2.36. The van der Waals surface area contributed by atoms with Crippen molar-refractivity contribution in [3.8, 4) is 0 Å². The minimum Gasteiger partial charge on any atom is -0.310 e. The Labute approximate surface area is 103 Å². The number of aryl methyl sites for hydroxylation is 1. The van der Waals surface area contributed by atoms with Crippen molar-refractivity contribution in [2.75, 3.05) is 0 Å². The van der Waals surface area contributed by atoms with E-state index >= 15 is 0 Å². The van der Waals surface area contributed by atoms with Crippen molar-refractivity contribution >= 4 is 11.6 Å². The van der Waals surface area contributed by atoms with Gasteiger partial charge in [0.1, 0.15) is 0 Å². The van der Waals surface area contributed by atoms with Crippen molar-refractivity contribution < 1.29 is 0 Å². The second-order valence-corrected chi connectivity index (χ2v) is 5.71. The fourth-order valence-corrected chi connectivity index (χ4v) is 2.90. The van der Waals surface area contributed by atoms with E-state index in [1.807, 2.05) is 0 Å². The lowest BCUT2D eigenvalue weighted by atomic mass is 9.88. The van der Waals surface area contributed by atoms with Gasteiger partial charge in [-0.15, -0.1) is 0 Å². The molecule has 1 unspecified atom stereocenters. The third-order valence-corrected chi connectivity index (χ3v) is 3.54. The van der Waals surface area contributed by atoms with Crippen molar-refractivity contribution in [3.05, 3.63) is 33.8 Å². The van der Waals surface area contributed by atoms with Gasteiger partial charge in [-0.05, 0) is 54.5 Å². The van der Waals surface area contributed by atoms with Gasteiger partial charge in [-0.3, -0.25) is 0 Å². The molecule has 16 heavy (non-hydrogen) atoms. The lowest BCUT2D eigenvalue weighted by Gasteiger charge is -2.28. The summed E-state index contributed by atoms with van der Waals surface area (Å²) >= 11 is 6.07. The molecule has 0 spiro atoms. The van der Waals surface area contributed by atoms with Crippen molar-refractivity contribution in [1.29, 1.82) is 0 Å². The summed E-state index contributed by atoms with van der Waals surface area (Å²) in [6.07, 6.45) is 2.40. The highest BCUT2D eigenvalue weighted by atomic mass is 35.5. The van der Waals surface area contributed by atoms with E-state index in [1.54, 1.807) is 0 Å². The Morgan fingerprint density at radius 3 is 2.88 bits per heavy atom. The molecule has 0 bridgehead atoms. The summed E-state index contributed by atoms with van der Waals surface area (Å²) in [5.41, 5.74) is 4.23. The minimum absolute atomic E-state index is 0.632. The van der Waals surface area contributed by atoms with Crippen LogP contribution in [-0.4, -0.2) is 6.04 Å². The zero-order valence-electron chi connectivity index (χ0n) is 10.3. The number of benzene rings is 1. The van der Waals surface area contributed by atoms with Crippen molar-refractivity contribution in [3.63, 3.8) is 0 Å². The van der Waals surface area contributed by atoms with Crippen LogP contribution in [0.15, 0.2) is 12.1 Å². The summed E-state index contributed by atoms with van der Waals surface area (Å²) in [5.74, 6) is 0.756. The molecule has 0 saturated heterocycles. The van der Waals surface area contributed by atoms with Crippen LogP contribution in [0.25, 0.3) is 0 Å². The van der Waals surface area contributed by atoms with Gasteiger partial charge in [0.25, 0.3) is 0 Å². The Balaban J connectivity index is 2.20. The Morgan fingerprint density at radius 1 is 1.44 bits per heavy atom. The van der Waals surface area contributed by atoms with Gasteiger partial charge in [0, 0.05) is 17.6 Å². The zero-order chi connectivity index (χ0) is 11.7. The van der Waals surface area contributed by atoms with Gasteiger partial charge >= 0.3 is 0 Å². The number of rotatable bonds is 2. The molecular formula is C14H20ClN. The third kappa shape index (κ3) is 2.58. The van der Waals surface area contributed by atoms with Gasteiger partial charge in [0.05, 0.1) is 0 Å². The average Bonchev–Trinajstić information content (AvgIpc) is 2.18. The molecule has 1 aliphatic heterocycles. The van der Waals surface area contributed by atoms with Crippen molar-refractivity contribution in [2.45, 2.75) is 46.2 Å². The second-order valence-electron chi connectivity index (χ2n) is 5.27. The quantitative estimate of drug-likeness (QED) is 0.827. The van der Waals surface area contributed by atoms with Gasteiger partial charge < -0.3 is 5.32 Å². The first kappa shape index (κ1) is 11.9. The summed E-state index contributed by atoms with van der Waals surface area (Å²) in [7, 11) is 0. The van der Waals surface area contributed by atoms with E-state index in [4.69, 9.17) is 11.6 Å². The number of hydrogen-bond acceptors (Lipinski definition) is 1. The van der Waals surface area contributed by atoms with E-state index < -0.39 is 0 Å². The van der Waals surface area contributed by atoms with Crippen LogP contribution in [0, 0.1) is 12.8 Å². The van der Waals surface area contributed by atoms with Crippen LogP contribution in [0.3, 0.4) is 0 Å². The molecule has 0 radical (unpaired) electrons. The maximum atomic E-state index is 6.07. The van der Waals surface area contributed by atoms with Crippen LogP contribution >= 0.6 is 11.6 Å². The predicted molar refractivity (Wildman–Crippen MR) is 70.0 cm³/mol. The number of nitrogens with one attached hydrogen (secondary N) is 1. The fraction of sp³-hybridized carbons (Fsp3) is 0.571. The first-order valence-corrected chi connectivity index (χ1v) is 6.45. The summed E-state index contributed by atoms with van der Waals surface area (Å²) in [6.45, 7) is 7.70. The van der Waals surface area contributed by atoms with Gasteiger partial charge in [0.2, 0.25) is 0 Å². The van der Waals surface area contributed by atoms with Crippen LogP contribution in [0.2, 0.25) is 5.02 Å². The maximum absolute atomic E-state index is 6.07. The normalized spacial score (nSPS) is 19.9. The number of halogens is 1. The second kappa shape index (κ2) is 4.77. The van der Waals surface area contributed by atoms with Gasteiger partial charge in [-0.1, -0.05) is 25.4 Å². The van der Waals surface area contributed by atoms with Crippen LogP contribution in [0.1, 0.15) is 37.0 Å². The van der Waals surface area contributed by atoms with Crippen LogP contribution in [0.4, 0.5) is 0 Å². The number of hydrogen-bond donors (Lipinski definition) is 1. The molecule has 1 atom stereocenters. The molecule has 0 fully saturated rings. The monoisotopic (exact) mass is 237 g/mol. The Hall–Kier alpha value is -0.530. The summed E-state index contributed by atoms with van der Waals surface area (Å²) < 4.78 is 0. The average molecular weight is 238 g/mol. The molecule has 0 amide bonds. The Morgan fingerprint density at radius 2 is 2.19 bits per heavy atom. The van der Waals surface area contributed by atoms with Gasteiger partial charge in [0.15, 0.2) is 0 Å². The van der Waals surface area contributed by atoms with Crippen LogP contribution < -0.4 is 5.32 Å². The first-order chi connectivity index (χ1) is 7.56. The van der Waals surface area contributed by atoms with Gasteiger partial charge in [-0.25, -0.2) is 0 Å². The highest BCUT2D eigenvalue weighted by Crippen LogP contribution is 2.26.